The molecule has 4 heterocycles. The number of ether oxygens (including phenoxy) is 1. The Morgan fingerprint density at radius 3 is 2.96 bits per heavy atom. The van der Waals surface area contributed by atoms with Crippen molar-refractivity contribution >= 4 is 34.3 Å². The molecule has 0 atom stereocenters. The Bertz CT molecular complexity index is 939. The Balaban J connectivity index is 1.68. The fraction of sp³-hybridized carbons (Fsp3) is 0.312. The molecule has 4 rings (SSSR count). The first-order valence-electron chi connectivity index (χ1n) is 7.56. The summed E-state index contributed by atoms with van der Waals surface area (Å²) in [6.45, 7) is 3.51. The zero-order valence-electron chi connectivity index (χ0n) is 13.3. The first kappa shape index (κ1) is 14.9. The lowest BCUT2D eigenvalue weighted by molar-refractivity contribution is 0.0600. The highest BCUT2D eigenvalue weighted by molar-refractivity contribution is 7.13. The van der Waals surface area contributed by atoms with Crippen molar-refractivity contribution in [3.63, 3.8) is 0 Å². The predicted molar refractivity (Wildman–Crippen MR) is 90.3 cm³/mol. The van der Waals surface area contributed by atoms with Crippen molar-refractivity contribution in [3.8, 4) is 0 Å². The van der Waals surface area contributed by atoms with Gasteiger partial charge in [0.1, 0.15) is 11.3 Å². The minimum atomic E-state index is -0.378. The minimum absolute atomic E-state index is 0.378. The van der Waals surface area contributed by atoms with Crippen LogP contribution >= 0.6 is 11.3 Å². The molecular formula is C16H15N5O2S. The lowest BCUT2D eigenvalue weighted by atomic mass is 10.1. The maximum absolute atomic E-state index is 11.7. The number of nitrogens with zero attached hydrogens (tertiary/aromatic N) is 5. The quantitative estimate of drug-likeness (QED) is 0.661. The lowest BCUT2D eigenvalue weighted by Gasteiger charge is -2.28. The number of carbonyl (C=O) groups excluding carboxylic acids is 1. The highest BCUT2D eigenvalue weighted by atomic mass is 32.1. The Morgan fingerprint density at radius 1 is 1.29 bits per heavy atom. The van der Waals surface area contributed by atoms with Crippen LogP contribution in [-0.2, 0) is 17.7 Å². The molecule has 24 heavy (non-hydrogen) atoms. The third kappa shape index (κ3) is 2.48. The fourth-order valence-corrected chi connectivity index (χ4v) is 3.90. The van der Waals surface area contributed by atoms with E-state index in [0.29, 0.717) is 17.2 Å². The molecule has 0 spiro atoms. The van der Waals surface area contributed by atoms with Crippen LogP contribution in [-0.4, -0.2) is 39.6 Å². The summed E-state index contributed by atoms with van der Waals surface area (Å²) in [7, 11) is 1.37. The van der Waals surface area contributed by atoms with Crippen LogP contribution in [0.25, 0.3) is 11.2 Å². The molecule has 3 aromatic rings. The maximum atomic E-state index is 11.7. The summed E-state index contributed by atoms with van der Waals surface area (Å²) >= 11 is 1.39. The Hall–Kier alpha value is -2.61. The van der Waals surface area contributed by atoms with Gasteiger partial charge in [-0.1, -0.05) is 0 Å². The molecule has 8 heteroatoms. The van der Waals surface area contributed by atoms with Crippen molar-refractivity contribution in [1.29, 1.82) is 0 Å². The molecule has 0 amide bonds. The van der Waals surface area contributed by atoms with Gasteiger partial charge in [0.25, 0.3) is 0 Å². The van der Waals surface area contributed by atoms with Gasteiger partial charge in [-0.3, -0.25) is 4.98 Å². The number of methoxy groups -OCH3 is 1. The van der Waals surface area contributed by atoms with Crippen LogP contribution in [0.2, 0.25) is 0 Å². The normalized spacial score (nSPS) is 13.8. The molecule has 0 aromatic carbocycles. The van der Waals surface area contributed by atoms with E-state index in [0.717, 1.165) is 40.4 Å². The molecule has 1 aliphatic heterocycles. The van der Waals surface area contributed by atoms with Gasteiger partial charge in [-0.15, -0.1) is 11.3 Å². The van der Waals surface area contributed by atoms with E-state index >= 15 is 0 Å². The van der Waals surface area contributed by atoms with Crippen molar-refractivity contribution in [2.75, 3.05) is 18.6 Å². The van der Waals surface area contributed by atoms with E-state index < -0.39 is 0 Å². The van der Waals surface area contributed by atoms with E-state index in [9.17, 15) is 4.79 Å². The summed E-state index contributed by atoms with van der Waals surface area (Å²) in [5.41, 5.74) is 3.48. The summed E-state index contributed by atoms with van der Waals surface area (Å²) < 4.78 is 4.76. The second-order valence-electron chi connectivity index (χ2n) is 5.58. The highest BCUT2D eigenvalue weighted by Crippen LogP contribution is 2.30. The summed E-state index contributed by atoms with van der Waals surface area (Å²) in [6.07, 6.45) is 4.10. The molecule has 1 aliphatic rings. The fourth-order valence-electron chi connectivity index (χ4n) is 2.86. The number of carbonyl (C=O) groups is 1. The molecule has 0 bridgehead atoms. The third-order valence-electron chi connectivity index (χ3n) is 4.01. The van der Waals surface area contributed by atoms with Gasteiger partial charge in [-0.2, -0.15) is 0 Å². The molecule has 0 saturated carbocycles. The summed E-state index contributed by atoms with van der Waals surface area (Å²) in [5, 5.41) is 0.415. The summed E-state index contributed by atoms with van der Waals surface area (Å²) in [5.74, 6) is 0.526. The molecule has 0 unspecified atom stereocenters. The SMILES string of the molecule is COC(=O)c1nc2c(s1)CN(c1nc3nccnc3cc1C)CC2. The molecule has 0 saturated heterocycles. The molecule has 0 aliphatic carbocycles. The van der Waals surface area contributed by atoms with Gasteiger partial charge in [0, 0.05) is 30.2 Å². The number of anilines is 1. The summed E-state index contributed by atoms with van der Waals surface area (Å²) in [4.78, 5) is 32.6. The zero-order valence-corrected chi connectivity index (χ0v) is 14.1. The predicted octanol–water partition coefficient (Wildman–Crippen LogP) is 2.14. The standard InChI is InChI=1S/C16H15N5O2S/c1-9-7-11-13(18-5-4-17-11)20-14(9)21-6-3-10-12(8-21)24-15(19-10)16(22)23-2/h4-5,7H,3,6,8H2,1-2H3. The minimum Gasteiger partial charge on any atom is -0.464 e. The van der Waals surface area contributed by atoms with Crippen molar-refractivity contribution < 1.29 is 9.53 Å². The summed E-state index contributed by atoms with van der Waals surface area (Å²) in [6, 6.07) is 2.01. The Morgan fingerprint density at radius 2 is 2.12 bits per heavy atom. The van der Waals surface area contributed by atoms with Crippen LogP contribution in [0.4, 0.5) is 5.82 Å². The topological polar surface area (TPSA) is 81.1 Å². The van der Waals surface area contributed by atoms with Crippen LogP contribution in [0.5, 0.6) is 0 Å². The molecule has 0 N–H and O–H groups in total. The molecule has 7 nitrogen and oxygen atoms in total. The van der Waals surface area contributed by atoms with Gasteiger partial charge in [0.2, 0.25) is 5.01 Å². The second-order valence-corrected chi connectivity index (χ2v) is 6.66. The smallest absolute Gasteiger partial charge is 0.367 e. The average Bonchev–Trinajstić information content (AvgIpc) is 3.03. The Labute approximate surface area is 142 Å². The van der Waals surface area contributed by atoms with Crippen molar-refractivity contribution in [3.05, 3.63) is 39.6 Å². The number of thiazole rings is 1. The number of esters is 1. The van der Waals surface area contributed by atoms with Crippen LogP contribution in [0.3, 0.4) is 0 Å². The third-order valence-corrected chi connectivity index (χ3v) is 5.08. The van der Waals surface area contributed by atoms with E-state index in [-0.39, 0.29) is 5.97 Å². The average molecular weight is 341 g/mol. The van der Waals surface area contributed by atoms with E-state index in [1.165, 1.54) is 18.4 Å². The van der Waals surface area contributed by atoms with Gasteiger partial charge < -0.3 is 9.64 Å². The van der Waals surface area contributed by atoms with E-state index in [1.807, 2.05) is 13.0 Å². The molecular weight excluding hydrogens is 326 g/mol. The monoisotopic (exact) mass is 341 g/mol. The van der Waals surface area contributed by atoms with Crippen molar-refractivity contribution in [2.24, 2.45) is 0 Å². The van der Waals surface area contributed by atoms with Gasteiger partial charge in [0.15, 0.2) is 5.65 Å². The van der Waals surface area contributed by atoms with E-state index in [2.05, 4.69) is 24.8 Å². The van der Waals surface area contributed by atoms with Gasteiger partial charge >= 0.3 is 5.97 Å². The van der Waals surface area contributed by atoms with E-state index in [1.54, 1.807) is 12.4 Å². The zero-order chi connectivity index (χ0) is 16.7. The highest BCUT2D eigenvalue weighted by Gasteiger charge is 2.25. The molecule has 3 aromatic heterocycles. The van der Waals surface area contributed by atoms with Crippen molar-refractivity contribution in [2.45, 2.75) is 19.9 Å². The second kappa shape index (κ2) is 5.79. The Kier molecular flexibility index (Phi) is 3.61. The van der Waals surface area contributed by atoms with Crippen molar-refractivity contribution in [1.82, 2.24) is 19.9 Å². The van der Waals surface area contributed by atoms with Gasteiger partial charge in [-0.25, -0.2) is 19.7 Å². The molecule has 0 radical (unpaired) electrons. The number of rotatable bonds is 2. The maximum Gasteiger partial charge on any atom is 0.367 e. The number of pyridine rings is 1. The van der Waals surface area contributed by atoms with Crippen LogP contribution < -0.4 is 4.90 Å². The van der Waals surface area contributed by atoms with Gasteiger partial charge in [0.05, 0.1) is 19.3 Å². The number of fused-ring (bicyclic) bond motifs is 2. The van der Waals surface area contributed by atoms with E-state index in [4.69, 9.17) is 4.74 Å². The first-order chi connectivity index (χ1) is 11.7. The lowest BCUT2D eigenvalue weighted by Crippen LogP contribution is -2.31. The molecule has 122 valence electrons. The number of hydrogen-bond donors (Lipinski definition) is 0. The van der Waals surface area contributed by atoms with Crippen LogP contribution in [0.1, 0.15) is 25.9 Å². The first-order valence-corrected chi connectivity index (χ1v) is 8.37. The van der Waals surface area contributed by atoms with Gasteiger partial charge in [-0.05, 0) is 18.6 Å². The van der Waals surface area contributed by atoms with Crippen LogP contribution in [0, 0.1) is 6.92 Å². The number of hydrogen-bond acceptors (Lipinski definition) is 8. The number of aryl methyl sites for hydroxylation is 1. The molecule has 0 fully saturated rings. The van der Waals surface area contributed by atoms with Crippen LogP contribution in [0.15, 0.2) is 18.5 Å². The largest absolute Gasteiger partial charge is 0.464 e. The number of aromatic nitrogens is 4.